The maximum atomic E-state index is 12.6. The highest BCUT2D eigenvalue weighted by Crippen LogP contribution is 2.20. The van der Waals surface area contributed by atoms with E-state index < -0.39 is 0 Å². The van der Waals surface area contributed by atoms with Crippen molar-refractivity contribution in [2.45, 2.75) is 26.2 Å². The average molecular weight is 260 g/mol. The fourth-order valence-corrected chi connectivity index (χ4v) is 2.91. The van der Waals surface area contributed by atoms with E-state index in [1.54, 1.807) is 0 Å². The van der Waals surface area contributed by atoms with Gasteiger partial charge in [-0.2, -0.15) is 0 Å². The monoisotopic (exact) mass is 260 g/mol. The lowest BCUT2D eigenvalue weighted by atomic mass is 9.96. The molecular weight excluding hydrogens is 236 g/mol. The first-order valence-corrected chi connectivity index (χ1v) is 7.28. The molecule has 104 valence electrons. The SMILES string of the molecule is CCc1ccccc1C(=O)N1CCCC(CNC)C1. The van der Waals surface area contributed by atoms with Gasteiger partial charge in [-0.05, 0) is 50.4 Å². The molecule has 1 aromatic carbocycles. The van der Waals surface area contributed by atoms with E-state index in [2.05, 4.69) is 18.3 Å². The molecule has 1 unspecified atom stereocenters. The maximum absolute atomic E-state index is 12.6. The van der Waals surface area contributed by atoms with Crippen LogP contribution in [0.2, 0.25) is 0 Å². The van der Waals surface area contributed by atoms with Gasteiger partial charge in [0.2, 0.25) is 0 Å². The average Bonchev–Trinajstić information content (AvgIpc) is 2.47. The smallest absolute Gasteiger partial charge is 0.254 e. The lowest BCUT2D eigenvalue weighted by Gasteiger charge is -2.33. The Labute approximate surface area is 116 Å². The van der Waals surface area contributed by atoms with Gasteiger partial charge in [-0.25, -0.2) is 0 Å². The fraction of sp³-hybridized carbons (Fsp3) is 0.562. The molecule has 0 spiro atoms. The van der Waals surface area contributed by atoms with Crippen molar-refractivity contribution in [3.63, 3.8) is 0 Å². The van der Waals surface area contributed by atoms with Crippen LogP contribution >= 0.6 is 0 Å². The minimum absolute atomic E-state index is 0.207. The highest BCUT2D eigenvalue weighted by molar-refractivity contribution is 5.95. The number of likely N-dealkylation sites (tertiary alicyclic amines) is 1. The minimum atomic E-state index is 0.207. The van der Waals surface area contributed by atoms with Crippen LogP contribution in [0.25, 0.3) is 0 Å². The highest BCUT2D eigenvalue weighted by atomic mass is 16.2. The molecule has 1 fully saturated rings. The Balaban J connectivity index is 2.10. The summed E-state index contributed by atoms with van der Waals surface area (Å²) in [6.07, 6.45) is 3.25. The van der Waals surface area contributed by atoms with Crippen molar-refractivity contribution in [1.29, 1.82) is 0 Å². The third kappa shape index (κ3) is 3.35. The Hall–Kier alpha value is -1.35. The van der Waals surface area contributed by atoms with Crippen molar-refractivity contribution in [3.05, 3.63) is 35.4 Å². The molecule has 1 aromatic rings. The van der Waals surface area contributed by atoms with E-state index in [1.807, 2.05) is 30.1 Å². The van der Waals surface area contributed by atoms with Gasteiger partial charge in [-0.3, -0.25) is 4.79 Å². The van der Waals surface area contributed by atoms with E-state index in [0.717, 1.165) is 43.6 Å². The van der Waals surface area contributed by atoms with E-state index >= 15 is 0 Å². The lowest BCUT2D eigenvalue weighted by Crippen LogP contribution is -2.42. The summed E-state index contributed by atoms with van der Waals surface area (Å²) in [6, 6.07) is 7.99. The Morgan fingerprint density at radius 3 is 2.95 bits per heavy atom. The van der Waals surface area contributed by atoms with E-state index in [4.69, 9.17) is 0 Å². The van der Waals surface area contributed by atoms with Gasteiger partial charge in [-0.1, -0.05) is 25.1 Å². The number of nitrogens with zero attached hydrogens (tertiary/aromatic N) is 1. The number of hydrogen-bond acceptors (Lipinski definition) is 2. The van der Waals surface area contributed by atoms with Crippen LogP contribution in [0.15, 0.2) is 24.3 Å². The van der Waals surface area contributed by atoms with Gasteiger partial charge in [0, 0.05) is 18.7 Å². The molecule has 1 aliphatic rings. The molecule has 1 saturated heterocycles. The molecule has 1 amide bonds. The van der Waals surface area contributed by atoms with Gasteiger partial charge in [0.25, 0.3) is 5.91 Å². The number of piperidine rings is 1. The number of aryl methyl sites for hydroxylation is 1. The molecule has 0 aromatic heterocycles. The molecule has 1 heterocycles. The number of carbonyl (C=O) groups excluding carboxylic acids is 1. The predicted molar refractivity (Wildman–Crippen MR) is 78.4 cm³/mol. The van der Waals surface area contributed by atoms with Crippen LogP contribution in [0, 0.1) is 5.92 Å². The number of hydrogen-bond donors (Lipinski definition) is 1. The molecule has 0 aliphatic carbocycles. The van der Waals surface area contributed by atoms with Crippen LogP contribution in [0.5, 0.6) is 0 Å². The van der Waals surface area contributed by atoms with Gasteiger partial charge in [0.05, 0.1) is 0 Å². The zero-order valence-electron chi connectivity index (χ0n) is 12.0. The van der Waals surface area contributed by atoms with E-state index in [0.29, 0.717) is 5.92 Å². The highest BCUT2D eigenvalue weighted by Gasteiger charge is 2.24. The second-order valence-corrected chi connectivity index (χ2v) is 5.33. The van der Waals surface area contributed by atoms with E-state index in [9.17, 15) is 4.79 Å². The van der Waals surface area contributed by atoms with Crippen LogP contribution < -0.4 is 5.32 Å². The molecule has 3 nitrogen and oxygen atoms in total. The molecule has 1 N–H and O–H groups in total. The zero-order valence-corrected chi connectivity index (χ0v) is 12.0. The van der Waals surface area contributed by atoms with Gasteiger partial charge >= 0.3 is 0 Å². The van der Waals surface area contributed by atoms with Crippen molar-refractivity contribution in [2.24, 2.45) is 5.92 Å². The Morgan fingerprint density at radius 1 is 1.42 bits per heavy atom. The summed E-state index contributed by atoms with van der Waals surface area (Å²) in [7, 11) is 1.98. The van der Waals surface area contributed by atoms with Crippen molar-refractivity contribution < 1.29 is 4.79 Å². The summed E-state index contributed by atoms with van der Waals surface area (Å²) >= 11 is 0. The minimum Gasteiger partial charge on any atom is -0.338 e. The first kappa shape index (κ1) is 14.1. The zero-order chi connectivity index (χ0) is 13.7. The van der Waals surface area contributed by atoms with Gasteiger partial charge in [0.15, 0.2) is 0 Å². The molecule has 1 atom stereocenters. The van der Waals surface area contributed by atoms with Crippen LogP contribution in [0.3, 0.4) is 0 Å². The standard InChI is InChI=1S/C16H24N2O/c1-3-14-8-4-5-9-15(14)16(19)18-10-6-7-13(12-18)11-17-2/h4-5,8-9,13,17H,3,6-7,10-12H2,1-2H3. The summed E-state index contributed by atoms with van der Waals surface area (Å²) in [4.78, 5) is 14.7. The summed E-state index contributed by atoms with van der Waals surface area (Å²) in [5, 5.41) is 3.22. The largest absolute Gasteiger partial charge is 0.338 e. The molecule has 0 radical (unpaired) electrons. The predicted octanol–water partition coefficient (Wildman–Crippen LogP) is 2.32. The molecular formula is C16H24N2O. The third-order valence-electron chi connectivity index (χ3n) is 3.93. The third-order valence-corrected chi connectivity index (χ3v) is 3.93. The summed E-state index contributed by atoms with van der Waals surface area (Å²) in [5.74, 6) is 0.801. The first-order chi connectivity index (χ1) is 9.26. The number of benzene rings is 1. The normalized spacial score (nSPS) is 19.5. The number of amides is 1. The van der Waals surface area contributed by atoms with Crippen LogP contribution in [-0.4, -0.2) is 37.5 Å². The summed E-state index contributed by atoms with van der Waals surface area (Å²) < 4.78 is 0. The molecule has 3 heteroatoms. The Kier molecular flexibility index (Phi) is 4.97. The summed E-state index contributed by atoms with van der Waals surface area (Å²) in [5.41, 5.74) is 2.04. The first-order valence-electron chi connectivity index (χ1n) is 7.28. The van der Waals surface area contributed by atoms with Gasteiger partial charge in [0.1, 0.15) is 0 Å². The van der Waals surface area contributed by atoms with E-state index in [-0.39, 0.29) is 5.91 Å². The maximum Gasteiger partial charge on any atom is 0.254 e. The quantitative estimate of drug-likeness (QED) is 0.901. The van der Waals surface area contributed by atoms with Gasteiger partial charge < -0.3 is 10.2 Å². The number of carbonyl (C=O) groups is 1. The van der Waals surface area contributed by atoms with Crippen molar-refractivity contribution >= 4 is 5.91 Å². The second kappa shape index (κ2) is 6.71. The molecule has 2 rings (SSSR count). The molecule has 0 bridgehead atoms. The van der Waals surface area contributed by atoms with Gasteiger partial charge in [-0.15, -0.1) is 0 Å². The van der Waals surface area contributed by atoms with Crippen LogP contribution in [-0.2, 0) is 6.42 Å². The van der Waals surface area contributed by atoms with Crippen LogP contribution in [0.1, 0.15) is 35.7 Å². The topological polar surface area (TPSA) is 32.3 Å². The Morgan fingerprint density at radius 2 is 2.21 bits per heavy atom. The fourth-order valence-electron chi connectivity index (χ4n) is 2.91. The Bertz CT molecular complexity index is 429. The molecule has 1 aliphatic heterocycles. The molecule has 19 heavy (non-hydrogen) atoms. The van der Waals surface area contributed by atoms with E-state index in [1.165, 1.54) is 6.42 Å². The molecule has 0 saturated carbocycles. The second-order valence-electron chi connectivity index (χ2n) is 5.33. The van der Waals surface area contributed by atoms with Crippen LogP contribution in [0.4, 0.5) is 0 Å². The number of rotatable bonds is 4. The van der Waals surface area contributed by atoms with Crippen molar-refractivity contribution in [2.75, 3.05) is 26.7 Å². The van der Waals surface area contributed by atoms with Crippen molar-refractivity contribution in [1.82, 2.24) is 10.2 Å². The lowest BCUT2D eigenvalue weighted by molar-refractivity contribution is 0.0673. The van der Waals surface area contributed by atoms with Crippen molar-refractivity contribution in [3.8, 4) is 0 Å². The number of nitrogens with one attached hydrogen (secondary N) is 1. The summed E-state index contributed by atoms with van der Waals surface area (Å²) in [6.45, 7) is 4.89.